The Bertz CT molecular complexity index is 265. The third-order valence-corrected chi connectivity index (χ3v) is 1.87. The Morgan fingerprint density at radius 1 is 1.09 bits per heavy atom. The van der Waals surface area contributed by atoms with E-state index in [9.17, 15) is 8.78 Å². The zero-order valence-corrected chi connectivity index (χ0v) is 6.22. The van der Waals surface area contributed by atoms with Crippen LogP contribution in [-0.2, 0) is 0 Å². The molecule has 0 aliphatic rings. The average molecular weight is 178 g/mol. The summed E-state index contributed by atoms with van der Waals surface area (Å²) in [6.07, 6.45) is 0. The molecule has 1 aromatic carbocycles. The first kappa shape index (κ1) is 8.53. The molecule has 11 heavy (non-hydrogen) atoms. The molecule has 0 aliphatic carbocycles. The minimum atomic E-state index is -2.33. The lowest BCUT2D eigenvalue weighted by atomic mass is 10.3. The van der Waals surface area contributed by atoms with Crippen molar-refractivity contribution in [1.82, 2.24) is 0 Å². The Morgan fingerprint density at radius 2 is 1.73 bits per heavy atom. The van der Waals surface area contributed by atoms with Crippen molar-refractivity contribution in [2.75, 3.05) is 0 Å². The Hall–Kier alpha value is -0.570. The van der Waals surface area contributed by atoms with Crippen LogP contribution >= 0.6 is 8.38 Å². The van der Waals surface area contributed by atoms with Crippen LogP contribution in [0.1, 0.15) is 0 Å². The highest BCUT2D eigenvalue weighted by Gasteiger charge is 2.07. The van der Waals surface area contributed by atoms with E-state index in [4.69, 9.17) is 9.79 Å². The van der Waals surface area contributed by atoms with Crippen molar-refractivity contribution in [3.63, 3.8) is 0 Å². The number of benzene rings is 1. The lowest BCUT2D eigenvalue weighted by Gasteiger charge is -2.01. The van der Waals surface area contributed by atoms with Gasteiger partial charge in [-0.3, -0.25) is 0 Å². The number of hydrogen-bond acceptors (Lipinski definition) is 2. The molecule has 0 saturated heterocycles. The van der Waals surface area contributed by atoms with Gasteiger partial charge in [-0.1, -0.05) is 0 Å². The molecule has 2 N–H and O–H groups in total. The van der Waals surface area contributed by atoms with Gasteiger partial charge in [0.1, 0.15) is 0 Å². The van der Waals surface area contributed by atoms with Gasteiger partial charge in [0.15, 0.2) is 20.0 Å². The minimum absolute atomic E-state index is 0.00102. The molecule has 0 bridgehead atoms. The maximum absolute atomic E-state index is 12.4. The van der Waals surface area contributed by atoms with Gasteiger partial charge >= 0.3 is 0 Å². The van der Waals surface area contributed by atoms with Gasteiger partial charge in [0, 0.05) is 5.30 Å². The molecule has 1 rings (SSSR count). The predicted octanol–water partition coefficient (Wildman–Crippen LogP) is 0.887. The second-order valence-electron chi connectivity index (χ2n) is 1.89. The summed E-state index contributed by atoms with van der Waals surface area (Å²) in [7, 11) is -2.33. The van der Waals surface area contributed by atoms with Crippen molar-refractivity contribution in [2.45, 2.75) is 0 Å². The summed E-state index contributed by atoms with van der Waals surface area (Å²) in [4.78, 5) is 17.1. The minimum Gasteiger partial charge on any atom is -0.347 e. The molecule has 60 valence electrons. The van der Waals surface area contributed by atoms with Crippen molar-refractivity contribution in [2.24, 2.45) is 0 Å². The van der Waals surface area contributed by atoms with Crippen LogP contribution in [0.3, 0.4) is 0 Å². The maximum Gasteiger partial charge on any atom is 0.199 e. The molecule has 2 nitrogen and oxygen atoms in total. The number of rotatable bonds is 1. The van der Waals surface area contributed by atoms with Gasteiger partial charge in [0.2, 0.25) is 0 Å². The Morgan fingerprint density at radius 3 is 2.18 bits per heavy atom. The van der Waals surface area contributed by atoms with Crippen LogP contribution in [0, 0.1) is 11.6 Å². The van der Waals surface area contributed by atoms with E-state index in [1.54, 1.807) is 0 Å². The van der Waals surface area contributed by atoms with Gasteiger partial charge in [-0.25, -0.2) is 8.78 Å². The molecule has 1 aromatic rings. The monoisotopic (exact) mass is 178 g/mol. The molecule has 0 unspecified atom stereocenters. The summed E-state index contributed by atoms with van der Waals surface area (Å²) in [5, 5.41) is -0.00102. The summed E-state index contributed by atoms with van der Waals surface area (Å²) in [6.45, 7) is 0. The topological polar surface area (TPSA) is 40.5 Å². The second kappa shape index (κ2) is 3.22. The molecule has 0 aliphatic heterocycles. The molecule has 0 saturated carbocycles. The van der Waals surface area contributed by atoms with Crippen molar-refractivity contribution in [3.05, 3.63) is 29.8 Å². The molecular formula is C6H5F2O2P. The molecule has 0 atom stereocenters. The van der Waals surface area contributed by atoms with Gasteiger partial charge in [-0.2, -0.15) is 0 Å². The van der Waals surface area contributed by atoms with Gasteiger partial charge in [-0.05, 0) is 18.2 Å². The van der Waals surface area contributed by atoms with Crippen LogP contribution in [0.25, 0.3) is 0 Å². The molecule has 0 spiro atoms. The van der Waals surface area contributed by atoms with E-state index in [-0.39, 0.29) is 5.30 Å². The average Bonchev–Trinajstić information content (AvgIpc) is 1.94. The molecule has 0 fully saturated rings. The molecular weight excluding hydrogens is 173 g/mol. The highest BCUT2D eigenvalue weighted by atomic mass is 31.2. The first-order valence-corrected chi connectivity index (χ1v) is 3.99. The molecule has 5 heteroatoms. The molecule has 0 amide bonds. The van der Waals surface area contributed by atoms with Crippen LogP contribution in [0.2, 0.25) is 0 Å². The fraction of sp³-hybridized carbons (Fsp3) is 0. The summed E-state index contributed by atoms with van der Waals surface area (Å²) in [5.74, 6) is -2.07. The second-order valence-corrected chi connectivity index (χ2v) is 2.98. The van der Waals surface area contributed by atoms with Gasteiger partial charge in [0.25, 0.3) is 0 Å². The SMILES string of the molecule is OP(O)c1ccc(F)c(F)c1. The Labute approximate surface area is 63.0 Å². The van der Waals surface area contributed by atoms with Crippen LogP contribution in [-0.4, -0.2) is 9.79 Å². The third kappa shape index (κ3) is 1.93. The molecule has 0 radical (unpaired) electrons. The number of hydrogen-bond donors (Lipinski definition) is 2. The van der Waals surface area contributed by atoms with E-state index in [1.165, 1.54) is 0 Å². The molecule has 0 heterocycles. The fourth-order valence-electron chi connectivity index (χ4n) is 0.609. The van der Waals surface area contributed by atoms with E-state index < -0.39 is 20.0 Å². The largest absolute Gasteiger partial charge is 0.347 e. The summed E-state index contributed by atoms with van der Waals surface area (Å²) >= 11 is 0. The van der Waals surface area contributed by atoms with Crippen molar-refractivity contribution in [1.29, 1.82) is 0 Å². The van der Waals surface area contributed by atoms with Crippen LogP contribution < -0.4 is 5.30 Å². The standard InChI is InChI=1S/C6H5F2O2P/c7-5-2-1-4(11(9)10)3-6(5)8/h1-3,9-10H. The Kier molecular flexibility index (Phi) is 2.49. The van der Waals surface area contributed by atoms with Gasteiger partial charge < -0.3 is 9.79 Å². The van der Waals surface area contributed by atoms with Crippen molar-refractivity contribution < 1.29 is 18.6 Å². The van der Waals surface area contributed by atoms with E-state index in [0.717, 1.165) is 18.2 Å². The summed E-state index contributed by atoms with van der Waals surface area (Å²) in [6, 6.07) is 2.75. The quantitative estimate of drug-likeness (QED) is 0.627. The first-order chi connectivity index (χ1) is 5.11. The zero-order valence-electron chi connectivity index (χ0n) is 5.33. The van der Waals surface area contributed by atoms with Gasteiger partial charge in [0.05, 0.1) is 0 Å². The van der Waals surface area contributed by atoms with Gasteiger partial charge in [-0.15, -0.1) is 0 Å². The lowest BCUT2D eigenvalue weighted by Crippen LogP contribution is -2.01. The van der Waals surface area contributed by atoms with Crippen molar-refractivity contribution >= 4 is 13.7 Å². The normalized spacial score (nSPS) is 10.6. The fourth-order valence-corrected chi connectivity index (χ4v) is 1.05. The third-order valence-electron chi connectivity index (χ3n) is 1.13. The smallest absolute Gasteiger partial charge is 0.199 e. The predicted molar refractivity (Wildman–Crippen MR) is 37.3 cm³/mol. The van der Waals surface area contributed by atoms with E-state index in [0.29, 0.717) is 0 Å². The van der Waals surface area contributed by atoms with Crippen LogP contribution in [0.5, 0.6) is 0 Å². The summed E-state index contributed by atoms with van der Waals surface area (Å²) < 4.78 is 24.6. The highest BCUT2D eigenvalue weighted by Crippen LogP contribution is 2.22. The van der Waals surface area contributed by atoms with Crippen LogP contribution in [0.4, 0.5) is 8.78 Å². The molecule has 0 aromatic heterocycles. The summed E-state index contributed by atoms with van der Waals surface area (Å²) in [5.41, 5.74) is 0. The van der Waals surface area contributed by atoms with E-state index in [1.807, 2.05) is 0 Å². The zero-order chi connectivity index (χ0) is 8.43. The lowest BCUT2D eigenvalue weighted by molar-refractivity contribution is 0.493. The first-order valence-electron chi connectivity index (χ1n) is 2.74. The van der Waals surface area contributed by atoms with Crippen molar-refractivity contribution in [3.8, 4) is 0 Å². The Balaban J connectivity index is 3.05. The maximum atomic E-state index is 12.4. The van der Waals surface area contributed by atoms with E-state index in [2.05, 4.69) is 0 Å². The number of halogens is 2. The highest BCUT2D eigenvalue weighted by molar-refractivity contribution is 7.54. The van der Waals surface area contributed by atoms with E-state index >= 15 is 0 Å². The van der Waals surface area contributed by atoms with Crippen LogP contribution in [0.15, 0.2) is 18.2 Å².